The van der Waals surface area contributed by atoms with Crippen molar-refractivity contribution in [1.29, 1.82) is 0 Å². The summed E-state index contributed by atoms with van der Waals surface area (Å²) in [5.41, 5.74) is -1.13. The number of carbonyl (C=O) groups is 1. The molecule has 9 heteroatoms. The standard InChI is InChI=1S/C26H20F4N2O3/c1-25(2,35)22-21(31-23(32-22)17-8-3-4-9-19(17)26(28,29)30)16-7-5-6-14(12-16)15-10-11-18(24(33)34)20(27)13-15/h3-13,35H,1-2H3,(H,31,32)(H,33,34). The zero-order valence-electron chi connectivity index (χ0n) is 18.6. The summed E-state index contributed by atoms with van der Waals surface area (Å²) in [6.07, 6.45) is -4.61. The van der Waals surface area contributed by atoms with Crippen LogP contribution in [0.25, 0.3) is 33.8 Å². The number of aromatic amines is 1. The largest absolute Gasteiger partial charge is 0.478 e. The second-order valence-corrected chi connectivity index (χ2v) is 8.49. The minimum atomic E-state index is -4.61. The van der Waals surface area contributed by atoms with E-state index in [-0.39, 0.29) is 17.1 Å². The highest BCUT2D eigenvalue weighted by Gasteiger charge is 2.35. The highest BCUT2D eigenvalue weighted by molar-refractivity contribution is 5.89. The van der Waals surface area contributed by atoms with E-state index in [2.05, 4.69) is 9.97 Å². The molecule has 3 N–H and O–H groups in total. The van der Waals surface area contributed by atoms with Gasteiger partial charge in [0.2, 0.25) is 0 Å². The first-order valence-electron chi connectivity index (χ1n) is 10.5. The van der Waals surface area contributed by atoms with Crippen molar-refractivity contribution in [2.24, 2.45) is 0 Å². The monoisotopic (exact) mass is 484 g/mol. The Morgan fingerprint density at radius 3 is 2.20 bits per heavy atom. The third-order valence-corrected chi connectivity index (χ3v) is 5.45. The average molecular weight is 484 g/mol. The summed E-state index contributed by atoms with van der Waals surface area (Å²) in [6.45, 7) is 2.94. The quantitative estimate of drug-likeness (QED) is 0.283. The van der Waals surface area contributed by atoms with Gasteiger partial charge >= 0.3 is 12.1 Å². The van der Waals surface area contributed by atoms with Crippen LogP contribution in [0.5, 0.6) is 0 Å². The van der Waals surface area contributed by atoms with Crippen molar-refractivity contribution < 1.29 is 32.6 Å². The van der Waals surface area contributed by atoms with Gasteiger partial charge in [-0.3, -0.25) is 0 Å². The summed E-state index contributed by atoms with van der Waals surface area (Å²) in [5.74, 6) is -2.35. The van der Waals surface area contributed by atoms with E-state index in [1.807, 2.05) is 0 Å². The number of halogens is 4. The molecule has 35 heavy (non-hydrogen) atoms. The van der Waals surface area contributed by atoms with Crippen LogP contribution in [0.2, 0.25) is 0 Å². The second-order valence-electron chi connectivity index (χ2n) is 8.49. The number of imidazole rings is 1. The molecule has 1 heterocycles. The minimum absolute atomic E-state index is 0.0627. The molecule has 0 aliphatic heterocycles. The average Bonchev–Trinajstić information content (AvgIpc) is 3.24. The fourth-order valence-corrected chi connectivity index (χ4v) is 3.81. The molecule has 0 atom stereocenters. The van der Waals surface area contributed by atoms with Crippen molar-refractivity contribution in [3.8, 4) is 33.8 Å². The van der Waals surface area contributed by atoms with Crippen LogP contribution in [0.4, 0.5) is 17.6 Å². The molecule has 0 aliphatic rings. The Morgan fingerprint density at radius 2 is 1.57 bits per heavy atom. The summed E-state index contributed by atoms with van der Waals surface area (Å²) in [7, 11) is 0. The lowest BCUT2D eigenvalue weighted by Gasteiger charge is -2.17. The van der Waals surface area contributed by atoms with Gasteiger partial charge in [0, 0.05) is 11.1 Å². The van der Waals surface area contributed by atoms with Gasteiger partial charge in [-0.15, -0.1) is 0 Å². The molecule has 0 radical (unpaired) electrons. The Hall–Kier alpha value is -3.98. The number of hydrogen-bond donors (Lipinski definition) is 3. The lowest BCUT2D eigenvalue weighted by Crippen LogP contribution is -2.17. The molecule has 4 rings (SSSR count). The van der Waals surface area contributed by atoms with Gasteiger partial charge < -0.3 is 15.2 Å². The van der Waals surface area contributed by atoms with E-state index in [9.17, 15) is 27.5 Å². The maximum atomic E-state index is 14.2. The number of nitrogens with one attached hydrogen (secondary N) is 1. The van der Waals surface area contributed by atoms with E-state index in [1.54, 1.807) is 24.3 Å². The fraction of sp³-hybridized carbons (Fsp3) is 0.154. The Labute approximate surface area is 197 Å². The summed E-state index contributed by atoms with van der Waals surface area (Å²) in [6, 6.07) is 15.4. The van der Waals surface area contributed by atoms with E-state index in [0.29, 0.717) is 22.4 Å². The normalized spacial score (nSPS) is 12.1. The van der Waals surface area contributed by atoms with E-state index < -0.39 is 34.7 Å². The van der Waals surface area contributed by atoms with E-state index in [0.717, 1.165) is 18.2 Å². The molecule has 0 unspecified atom stereocenters. The first-order chi connectivity index (χ1) is 16.4. The maximum Gasteiger partial charge on any atom is 0.417 e. The molecule has 5 nitrogen and oxygen atoms in total. The summed E-state index contributed by atoms with van der Waals surface area (Å²) < 4.78 is 55.0. The number of benzene rings is 3. The van der Waals surface area contributed by atoms with Crippen molar-refractivity contribution in [2.75, 3.05) is 0 Å². The molecule has 0 saturated carbocycles. The Kier molecular flexibility index (Phi) is 5.98. The number of H-pyrrole nitrogens is 1. The smallest absolute Gasteiger partial charge is 0.417 e. The van der Waals surface area contributed by atoms with E-state index in [1.165, 1.54) is 38.1 Å². The van der Waals surface area contributed by atoms with Crippen LogP contribution in [0.15, 0.2) is 66.7 Å². The van der Waals surface area contributed by atoms with Crippen molar-refractivity contribution in [2.45, 2.75) is 25.6 Å². The van der Waals surface area contributed by atoms with Crippen molar-refractivity contribution >= 4 is 5.97 Å². The van der Waals surface area contributed by atoms with Crippen LogP contribution in [0.1, 0.15) is 35.5 Å². The molecule has 1 aromatic heterocycles. The molecule has 0 fully saturated rings. The van der Waals surface area contributed by atoms with Crippen LogP contribution in [-0.4, -0.2) is 26.2 Å². The molecule has 0 spiro atoms. The summed E-state index contributed by atoms with van der Waals surface area (Å²) in [5, 5.41) is 19.8. The Bertz CT molecular complexity index is 1420. The number of rotatable bonds is 5. The lowest BCUT2D eigenvalue weighted by atomic mass is 9.96. The van der Waals surface area contributed by atoms with Crippen LogP contribution in [-0.2, 0) is 11.8 Å². The van der Waals surface area contributed by atoms with Gasteiger partial charge in [0.15, 0.2) is 0 Å². The first kappa shape index (κ1) is 24.2. The first-order valence-corrected chi connectivity index (χ1v) is 10.5. The number of aliphatic hydroxyl groups is 1. The zero-order chi connectivity index (χ0) is 25.5. The van der Waals surface area contributed by atoms with Gasteiger partial charge in [-0.1, -0.05) is 42.5 Å². The molecule has 0 amide bonds. The van der Waals surface area contributed by atoms with Crippen LogP contribution in [0, 0.1) is 5.82 Å². The SMILES string of the molecule is CC(C)(O)c1nc(-c2ccccc2C(F)(F)F)[nH]c1-c1cccc(-c2ccc(C(=O)O)c(F)c2)c1. The van der Waals surface area contributed by atoms with Gasteiger partial charge in [0.25, 0.3) is 0 Å². The van der Waals surface area contributed by atoms with Crippen LogP contribution >= 0.6 is 0 Å². The van der Waals surface area contributed by atoms with Crippen molar-refractivity contribution in [1.82, 2.24) is 9.97 Å². The van der Waals surface area contributed by atoms with Gasteiger partial charge in [0.1, 0.15) is 17.2 Å². The molecule has 0 aliphatic carbocycles. The zero-order valence-corrected chi connectivity index (χ0v) is 18.6. The fourth-order valence-electron chi connectivity index (χ4n) is 3.81. The number of aromatic nitrogens is 2. The van der Waals surface area contributed by atoms with Gasteiger partial charge in [0.05, 0.1) is 22.5 Å². The predicted molar refractivity (Wildman–Crippen MR) is 122 cm³/mol. The molecule has 0 saturated heterocycles. The molecular weight excluding hydrogens is 464 g/mol. The molecule has 180 valence electrons. The van der Waals surface area contributed by atoms with Crippen LogP contribution < -0.4 is 0 Å². The third kappa shape index (κ3) is 4.81. The maximum absolute atomic E-state index is 14.2. The number of aromatic carboxylic acids is 1. The van der Waals surface area contributed by atoms with Crippen molar-refractivity contribution in [3.05, 3.63) is 89.4 Å². The number of hydrogen-bond acceptors (Lipinski definition) is 3. The molecule has 4 aromatic rings. The van der Waals surface area contributed by atoms with Gasteiger partial charge in [-0.25, -0.2) is 14.2 Å². The highest BCUT2D eigenvalue weighted by Crippen LogP contribution is 2.39. The summed E-state index contributed by atoms with van der Waals surface area (Å²) in [4.78, 5) is 18.3. The number of carboxylic acid groups (broad SMARTS) is 1. The topological polar surface area (TPSA) is 86.2 Å². The van der Waals surface area contributed by atoms with Crippen LogP contribution in [0.3, 0.4) is 0 Å². The minimum Gasteiger partial charge on any atom is -0.478 e. The van der Waals surface area contributed by atoms with E-state index in [4.69, 9.17) is 5.11 Å². The van der Waals surface area contributed by atoms with Crippen molar-refractivity contribution in [3.63, 3.8) is 0 Å². The van der Waals surface area contributed by atoms with Gasteiger partial charge in [-0.2, -0.15) is 13.2 Å². The molecule has 0 bridgehead atoms. The highest BCUT2D eigenvalue weighted by atomic mass is 19.4. The lowest BCUT2D eigenvalue weighted by molar-refractivity contribution is -0.137. The van der Waals surface area contributed by atoms with Gasteiger partial charge in [-0.05, 0) is 49.2 Å². The predicted octanol–water partition coefficient (Wildman–Crippen LogP) is 6.49. The Balaban J connectivity index is 1.86. The van der Waals surface area contributed by atoms with E-state index >= 15 is 0 Å². The number of carboxylic acids is 1. The molecule has 3 aromatic carbocycles. The Morgan fingerprint density at radius 1 is 0.914 bits per heavy atom. The number of nitrogens with zero attached hydrogens (tertiary/aromatic N) is 1. The second kappa shape index (κ2) is 8.66. The summed E-state index contributed by atoms with van der Waals surface area (Å²) >= 11 is 0. The molecular formula is C26H20F4N2O3. The number of alkyl halides is 3. The third-order valence-electron chi connectivity index (χ3n) is 5.45.